The summed E-state index contributed by atoms with van der Waals surface area (Å²) in [5.74, 6) is 1.87. The van der Waals surface area contributed by atoms with Crippen LogP contribution in [0.1, 0.15) is 24.8 Å². The van der Waals surface area contributed by atoms with Gasteiger partial charge in [-0.25, -0.2) is 0 Å². The molecular formula is C14H21N3O2. The zero-order valence-electron chi connectivity index (χ0n) is 11.0. The highest BCUT2D eigenvalue weighted by Gasteiger charge is 2.19. The van der Waals surface area contributed by atoms with Gasteiger partial charge in [0.25, 0.3) is 0 Å². The molecule has 19 heavy (non-hydrogen) atoms. The predicted octanol–water partition coefficient (Wildman–Crippen LogP) is 1.55. The molecule has 0 unspecified atom stereocenters. The number of oxime groups is 1. The minimum absolute atomic E-state index is 0.105. The van der Waals surface area contributed by atoms with Crippen molar-refractivity contribution in [2.75, 3.05) is 19.7 Å². The van der Waals surface area contributed by atoms with Crippen molar-refractivity contribution < 1.29 is 9.94 Å². The van der Waals surface area contributed by atoms with E-state index in [2.05, 4.69) is 10.5 Å². The zero-order valence-corrected chi connectivity index (χ0v) is 11.0. The summed E-state index contributed by atoms with van der Waals surface area (Å²) in [6.07, 6.45) is 4.10. The van der Waals surface area contributed by atoms with Crippen LogP contribution in [0.2, 0.25) is 0 Å². The predicted molar refractivity (Wildman–Crippen MR) is 74.7 cm³/mol. The van der Waals surface area contributed by atoms with Crippen LogP contribution in [0.25, 0.3) is 0 Å². The molecular weight excluding hydrogens is 242 g/mol. The van der Waals surface area contributed by atoms with Crippen molar-refractivity contribution in [2.45, 2.75) is 19.3 Å². The van der Waals surface area contributed by atoms with Gasteiger partial charge in [-0.1, -0.05) is 18.0 Å². The fourth-order valence-corrected chi connectivity index (χ4v) is 1.86. The minimum Gasteiger partial charge on any atom is -0.492 e. The van der Waals surface area contributed by atoms with Crippen LogP contribution in [-0.4, -0.2) is 30.7 Å². The first-order valence-corrected chi connectivity index (χ1v) is 6.71. The van der Waals surface area contributed by atoms with Gasteiger partial charge >= 0.3 is 0 Å². The molecule has 1 aliphatic carbocycles. The fraction of sp³-hybridized carbons (Fsp3) is 0.500. The second-order valence-electron chi connectivity index (χ2n) is 4.84. The number of benzene rings is 1. The molecule has 1 aromatic rings. The molecule has 0 heterocycles. The Balaban J connectivity index is 1.62. The molecule has 1 saturated carbocycles. The average Bonchev–Trinajstić information content (AvgIpc) is 3.26. The summed E-state index contributed by atoms with van der Waals surface area (Å²) in [7, 11) is 0. The van der Waals surface area contributed by atoms with Crippen LogP contribution in [0.15, 0.2) is 29.4 Å². The highest BCUT2D eigenvalue weighted by atomic mass is 16.5. The summed E-state index contributed by atoms with van der Waals surface area (Å²) < 4.78 is 5.59. The maximum Gasteiger partial charge on any atom is 0.170 e. The van der Waals surface area contributed by atoms with Gasteiger partial charge < -0.3 is 21.0 Å². The second kappa shape index (κ2) is 6.99. The number of rotatable bonds is 8. The van der Waals surface area contributed by atoms with Gasteiger partial charge in [0.15, 0.2) is 5.84 Å². The van der Waals surface area contributed by atoms with Crippen LogP contribution >= 0.6 is 0 Å². The molecule has 1 aliphatic rings. The molecule has 4 N–H and O–H groups in total. The molecule has 0 bridgehead atoms. The van der Waals surface area contributed by atoms with Gasteiger partial charge in [-0.05, 0) is 43.1 Å². The van der Waals surface area contributed by atoms with E-state index in [0.717, 1.165) is 24.8 Å². The molecule has 0 atom stereocenters. The maximum absolute atomic E-state index is 8.55. The van der Waals surface area contributed by atoms with Crippen LogP contribution in [0.4, 0.5) is 0 Å². The van der Waals surface area contributed by atoms with Crippen LogP contribution in [-0.2, 0) is 0 Å². The lowest BCUT2D eigenvalue weighted by molar-refractivity contribution is 0.313. The molecule has 104 valence electrons. The van der Waals surface area contributed by atoms with Gasteiger partial charge in [0.05, 0.1) is 0 Å². The average molecular weight is 263 g/mol. The summed E-state index contributed by atoms with van der Waals surface area (Å²) in [5, 5.41) is 14.9. The van der Waals surface area contributed by atoms with E-state index in [4.69, 9.17) is 15.7 Å². The number of nitrogens with two attached hydrogens (primary N) is 1. The van der Waals surface area contributed by atoms with E-state index in [1.807, 2.05) is 12.1 Å². The Bertz CT molecular complexity index is 413. The van der Waals surface area contributed by atoms with Crippen molar-refractivity contribution in [1.29, 1.82) is 0 Å². The second-order valence-corrected chi connectivity index (χ2v) is 4.84. The smallest absolute Gasteiger partial charge is 0.170 e. The van der Waals surface area contributed by atoms with Crippen molar-refractivity contribution in [3.8, 4) is 5.75 Å². The largest absolute Gasteiger partial charge is 0.492 e. The quantitative estimate of drug-likeness (QED) is 0.218. The topological polar surface area (TPSA) is 79.9 Å². The normalized spacial score (nSPS) is 15.5. The molecule has 2 rings (SSSR count). The Kier molecular flexibility index (Phi) is 5.03. The van der Waals surface area contributed by atoms with Crippen molar-refractivity contribution >= 4 is 5.84 Å². The van der Waals surface area contributed by atoms with E-state index in [-0.39, 0.29) is 5.84 Å². The Morgan fingerprint density at radius 2 is 2.05 bits per heavy atom. The van der Waals surface area contributed by atoms with Gasteiger partial charge in [-0.15, -0.1) is 0 Å². The number of amidine groups is 1. The number of nitrogens with one attached hydrogen (secondary N) is 1. The standard InChI is InChI=1S/C14H21N3O2/c15-14(17-18)12-3-5-13(6-4-12)19-10-9-16-8-7-11-1-2-11/h3-6,11,16,18H,1-2,7-10H2,(H2,15,17). The van der Waals surface area contributed by atoms with E-state index >= 15 is 0 Å². The summed E-state index contributed by atoms with van der Waals surface area (Å²) in [6, 6.07) is 7.17. The maximum atomic E-state index is 8.55. The van der Waals surface area contributed by atoms with Gasteiger partial charge in [-0.3, -0.25) is 0 Å². The molecule has 1 aromatic carbocycles. The molecule has 0 aromatic heterocycles. The molecule has 0 radical (unpaired) electrons. The lowest BCUT2D eigenvalue weighted by Gasteiger charge is -2.08. The Morgan fingerprint density at radius 1 is 1.32 bits per heavy atom. The summed E-state index contributed by atoms with van der Waals surface area (Å²) in [5.41, 5.74) is 6.16. The van der Waals surface area contributed by atoms with E-state index in [9.17, 15) is 0 Å². The first-order valence-electron chi connectivity index (χ1n) is 6.71. The Morgan fingerprint density at radius 3 is 2.68 bits per heavy atom. The summed E-state index contributed by atoms with van der Waals surface area (Å²) in [6.45, 7) is 2.58. The number of ether oxygens (including phenoxy) is 1. The Labute approximate surface area is 113 Å². The van der Waals surface area contributed by atoms with Crippen molar-refractivity contribution in [2.24, 2.45) is 16.8 Å². The molecule has 0 saturated heterocycles. The van der Waals surface area contributed by atoms with E-state index in [1.165, 1.54) is 19.3 Å². The lowest BCUT2D eigenvalue weighted by atomic mass is 10.2. The number of hydrogen-bond donors (Lipinski definition) is 3. The third-order valence-corrected chi connectivity index (χ3v) is 3.23. The van der Waals surface area contributed by atoms with Gasteiger partial charge in [0, 0.05) is 12.1 Å². The van der Waals surface area contributed by atoms with Gasteiger partial charge in [0.1, 0.15) is 12.4 Å². The Hall–Kier alpha value is -1.75. The van der Waals surface area contributed by atoms with E-state index < -0.39 is 0 Å². The van der Waals surface area contributed by atoms with Gasteiger partial charge in [-0.2, -0.15) is 0 Å². The number of hydrogen-bond acceptors (Lipinski definition) is 4. The van der Waals surface area contributed by atoms with E-state index in [1.54, 1.807) is 12.1 Å². The minimum atomic E-state index is 0.105. The third-order valence-electron chi connectivity index (χ3n) is 3.23. The molecule has 0 spiro atoms. The highest BCUT2D eigenvalue weighted by molar-refractivity contribution is 5.97. The number of nitrogens with zero attached hydrogens (tertiary/aromatic N) is 1. The van der Waals surface area contributed by atoms with Crippen molar-refractivity contribution in [3.05, 3.63) is 29.8 Å². The monoisotopic (exact) mass is 263 g/mol. The van der Waals surface area contributed by atoms with Crippen LogP contribution < -0.4 is 15.8 Å². The molecule has 0 aliphatic heterocycles. The lowest BCUT2D eigenvalue weighted by Crippen LogP contribution is -2.22. The van der Waals surface area contributed by atoms with Crippen LogP contribution in [0.3, 0.4) is 0 Å². The first kappa shape index (κ1) is 13.7. The van der Waals surface area contributed by atoms with Crippen LogP contribution in [0.5, 0.6) is 5.75 Å². The molecule has 5 nitrogen and oxygen atoms in total. The van der Waals surface area contributed by atoms with Crippen molar-refractivity contribution in [1.82, 2.24) is 5.32 Å². The van der Waals surface area contributed by atoms with Crippen molar-refractivity contribution in [3.63, 3.8) is 0 Å². The highest BCUT2D eigenvalue weighted by Crippen LogP contribution is 2.31. The first-order chi connectivity index (χ1) is 9.29. The van der Waals surface area contributed by atoms with E-state index in [0.29, 0.717) is 12.2 Å². The fourth-order valence-electron chi connectivity index (χ4n) is 1.86. The SMILES string of the molecule is NC(=NO)c1ccc(OCCNCCC2CC2)cc1. The molecule has 0 amide bonds. The third kappa shape index (κ3) is 4.79. The van der Waals surface area contributed by atoms with Gasteiger partial charge in [0.2, 0.25) is 0 Å². The summed E-state index contributed by atoms with van der Waals surface area (Å²) >= 11 is 0. The zero-order chi connectivity index (χ0) is 13.5. The summed E-state index contributed by atoms with van der Waals surface area (Å²) in [4.78, 5) is 0. The molecule has 5 heteroatoms. The molecule has 1 fully saturated rings. The van der Waals surface area contributed by atoms with Crippen LogP contribution in [0, 0.1) is 5.92 Å².